The molecule has 1 aliphatic heterocycles. The van der Waals surface area contributed by atoms with Crippen molar-refractivity contribution in [3.63, 3.8) is 0 Å². The van der Waals surface area contributed by atoms with Crippen LogP contribution in [-0.2, 0) is 0 Å². The minimum atomic E-state index is 0.272. The molecule has 0 aromatic heterocycles. The van der Waals surface area contributed by atoms with Gasteiger partial charge in [0.1, 0.15) is 0 Å². The first-order valence-corrected chi connectivity index (χ1v) is 4.56. The van der Waals surface area contributed by atoms with Crippen molar-refractivity contribution in [2.75, 3.05) is 0 Å². The van der Waals surface area contributed by atoms with E-state index in [1.807, 2.05) is 0 Å². The molecule has 0 radical (unpaired) electrons. The van der Waals surface area contributed by atoms with Crippen LogP contribution in [0.4, 0.5) is 0 Å². The maximum Gasteiger partial charge on any atom is 0.0202 e. The topological polar surface area (TPSA) is 38.0 Å². The van der Waals surface area contributed by atoms with Gasteiger partial charge in [0.25, 0.3) is 0 Å². The molecule has 2 fully saturated rings. The molecule has 1 heterocycles. The van der Waals surface area contributed by atoms with Gasteiger partial charge in [-0.2, -0.15) is 0 Å². The van der Waals surface area contributed by atoms with Crippen LogP contribution < -0.4 is 11.1 Å². The van der Waals surface area contributed by atoms with Gasteiger partial charge in [-0.25, -0.2) is 0 Å². The maximum atomic E-state index is 5.99. The van der Waals surface area contributed by atoms with E-state index in [9.17, 15) is 0 Å². The lowest BCUT2D eigenvalue weighted by Crippen LogP contribution is -2.57. The molecule has 1 unspecified atom stereocenters. The van der Waals surface area contributed by atoms with Crippen molar-refractivity contribution >= 4 is 0 Å². The van der Waals surface area contributed by atoms with Gasteiger partial charge in [0, 0.05) is 17.1 Å². The summed E-state index contributed by atoms with van der Waals surface area (Å²) in [6, 6.07) is 0.425. The zero-order valence-corrected chi connectivity index (χ0v) is 7.48. The second-order valence-corrected chi connectivity index (χ2v) is 4.96. The minimum absolute atomic E-state index is 0.272. The Morgan fingerprint density at radius 3 is 2.36 bits per heavy atom. The summed E-state index contributed by atoms with van der Waals surface area (Å²) in [5, 5.41) is 3.69. The Bertz CT molecular complexity index is 164. The van der Waals surface area contributed by atoms with Gasteiger partial charge >= 0.3 is 0 Å². The summed E-state index contributed by atoms with van der Waals surface area (Å²) >= 11 is 0. The van der Waals surface area contributed by atoms with Gasteiger partial charge in [-0.05, 0) is 39.5 Å². The zero-order valence-electron chi connectivity index (χ0n) is 7.48. The summed E-state index contributed by atoms with van der Waals surface area (Å²) in [4.78, 5) is 0. The molecule has 3 N–H and O–H groups in total. The van der Waals surface area contributed by atoms with Gasteiger partial charge < -0.3 is 11.1 Å². The van der Waals surface area contributed by atoms with Crippen molar-refractivity contribution in [1.29, 1.82) is 0 Å². The predicted octanol–water partition coefficient (Wildman–Crippen LogP) is 1.01. The highest BCUT2D eigenvalue weighted by atomic mass is 15.1. The quantitative estimate of drug-likeness (QED) is 0.546. The summed E-state index contributed by atoms with van der Waals surface area (Å²) in [5.41, 5.74) is 6.72. The van der Waals surface area contributed by atoms with Gasteiger partial charge in [-0.1, -0.05) is 0 Å². The van der Waals surface area contributed by atoms with Crippen LogP contribution in [0.3, 0.4) is 0 Å². The van der Waals surface area contributed by atoms with Crippen LogP contribution in [0, 0.1) is 0 Å². The molecule has 0 aromatic carbocycles. The highest BCUT2D eigenvalue weighted by molar-refractivity contribution is 5.11. The molecule has 1 saturated heterocycles. The van der Waals surface area contributed by atoms with Crippen LogP contribution in [0.2, 0.25) is 0 Å². The molecular formula is C9H18N2. The number of hydrogen-bond acceptors (Lipinski definition) is 2. The fraction of sp³-hybridized carbons (Fsp3) is 1.00. The van der Waals surface area contributed by atoms with Gasteiger partial charge in [-0.3, -0.25) is 0 Å². The Labute approximate surface area is 68.5 Å². The fourth-order valence-corrected chi connectivity index (χ4v) is 2.53. The number of nitrogens with one attached hydrogen (secondary N) is 1. The number of rotatable bonds is 0. The SMILES string of the molecule is CC1(C)CC(N)CC2(CC2)N1. The van der Waals surface area contributed by atoms with Crippen LogP contribution in [-0.4, -0.2) is 17.1 Å². The first kappa shape index (κ1) is 7.56. The molecule has 1 atom stereocenters. The minimum Gasteiger partial charge on any atom is -0.328 e. The van der Waals surface area contributed by atoms with E-state index in [4.69, 9.17) is 5.73 Å². The molecule has 0 bridgehead atoms. The third kappa shape index (κ3) is 1.42. The Kier molecular flexibility index (Phi) is 1.37. The summed E-state index contributed by atoms with van der Waals surface area (Å²) in [5.74, 6) is 0. The van der Waals surface area contributed by atoms with Gasteiger partial charge in [0.2, 0.25) is 0 Å². The molecule has 0 amide bonds. The Morgan fingerprint density at radius 2 is 1.91 bits per heavy atom. The third-order valence-electron chi connectivity index (χ3n) is 2.88. The number of piperidine rings is 1. The van der Waals surface area contributed by atoms with Gasteiger partial charge in [0.15, 0.2) is 0 Å². The van der Waals surface area contributed by atoms with Crippen molar-refractivity contribution < 1.29 is 0 Å². The Hall–Kier alpha value is -0.0800. The largest absolute Gasteiger partial charge is 0.328 e. The van der Waals surface area contributed by atoms with E-state index >= 15 is 0 Å². The van der Waals surface area contributed by atoms with E-state index in [0.29, 0.717) is 11.6 Å². The molecule has 64 valence electrons. The predicted molar refractivity (Wildman–Crippen MR) is 46.4 cm³/mol. The molecule has 1 spiro atoms. The van der Waals surface area contributed by atoms with Crippen molar-refractivity contribution in [3.05, 3.63) is 0 Å². The summed E-state index contributed by atoms with van der Waals surface area (Å²) < 4.78 is 0. The molecule has 2 aliphatic rings. The van der Waals surface area contributed by atoms with Gasteiger partial charge in [0.05, 0.1) is 0 Å². The molecule has 1 saturated carbocycles. The van der Waals surface area contributed by atoms with Crippen LogP contribution >= 0.6 is 0 Å². The zero-order chi connectivity index (χ0) is 8.11. The van der Waals surface area contributed by atoms with E-state index in [-0.39, 0.29) is 5.54 Å². The van der Waals surface area contributed by atoms with E-state index in [0.717, 1.165) is 6.42 Å². The maximum absolute atomic E-state index is 5.99. The van der Waals surface area contributed by atoms with E-state index < -0.39 is 0 Å². The third-order valence-corrected chi connectivity index (χ3v) is 2.88. The van der Waals surface area contributed by atoms with E-state index in [1.165, 1.54) is 19.3 Å². The van der Waals surface area contributed by atoms with Crippen LogP contribution in [0.1, 0.15) is 39.5 Å². The standard InChI is InChI=1S/C9H18N2/c1-8(2)5-7(10)6-9(11-8)3-4-9/h7,11H,3-6,10H2,1-2H3. The highest BCUT2D eigenvalue weighted by Gasteiger charge is 2.50. The molecule has 2 heteroatoms. The van der Waals surface area contributed by atoms with Crippen molar-refractivity contribution in [3.8, 4) is 0 Å². The van der Waals surface area contributed by atoms with E-state index in [1.54, 1.807) is 0 Å². The van der Waals surface area contributed by atoms with Crippen molar-refractivity contribution in [1.82, 2.24) is 5.32 Å². The smallest absolute Gasteiger partial charge is 0.0202 e. The highest BCUT2D eigenvalue weighted by Crippen LogP contribution is 2.45. The molecule has 0 aromatic rings. The lowest BCUT2D eigenvalue weighted by Gasteiger charge is -2.41. The molecule has 2 nitrogen and oxygen atoms in total. The van der Waals surface area contributed by atoms with Crippen molar-refractivity contribution in [2.24, 2.45) is 5.73 Å². The van der Waals surface area contributed by atoms with Crippen LogP contribution in [0.25, 0.3) is 0 Å². The average molecular weight is 154 g/mol. The normalized spacial score (nSPS) is 39.0. The molecule has 11 heavy (non-hydrogen) atoms. The monoisotopic (exact) mass is 154 g/mol. The molecule has 1 aliphatic carbocycles. The summed E-state index contributed by atoms with van der Waals surface area (Å²) in [7, 11) is 0. The number of nitrogens with two attached hydrogens (primary N) is 1. The van der Waals surface area contributed by atoms with Crippen LogP contribution in [0.5, 0.6) is 0 Å². The second-order valence-electron chi connectivity index (χ2n) is 4.96. The summed E-state index contributed by atoms with van der Waals surface area (Å²) in [6.07, 6.45) is 4.99. The lowest BCUT2D eigenvalue weighted by atomic mass is 9.85. The lowest BCUT2D eigenvalue weighted by molar-refractivity contribution is 0.207. The van der Waals surface area contributed by atoms with E-state index in [2.05, 4.69) is 19.2 Å². The Balaban J connectivity index is 2.09. The molecular weight excluding hydrogens is 136 g/mol. The molecule has 2 rings (SSSR count). The first-order chi connectivity index (χ1) is 5.02. The van der Waals surface area contributed by atoms with Crippen molar-refractivity contribution in [2.45, 2.75) is 56.7 Å². The Morgan fingerprint density at radius 1 is 1.27 bits per heavy atom. The fourth-order valence-electron chi connectivity index (χ4n) is 2.53. The number of hydrogen-bond donors (Lipinski definition) is 2. The summed E-state index contributed by atoms with van der Waals surface area (Å²) in [6.45, 7) is 4.51. The van der Waals surface area contributed by atoms with Crippen LogP contribution in [0.15, 0.2) is 0 Å². The van der Waals surface area contributed by atoms with Gasteiger partial charge in [-0.15, -0.1) is 0 Å². The average Bonchev–Trinajstić information content (AvgIpc) is 2.41. The first-order valence-electron chi connectivity index (χ1n) is 4.56. The second kappa shape index (κ2) is 1.99.